The first-order chi connectivity index (χ1) is 8.20. The number of aryl methyl sites for hydroxylation is 1. The fourth-order valence-electron chi connectivity index (χ4n) is 2.01. The molecular weight excluding hydrogens is 232 g/mol. The molecule has 0 saturated carbocycles. The van der Waals surface area contributed by atoms with Gasteiger partial charge in [-0.05, 0) is 37.3 Å². The highest BCUT2D eigenvalue weighted by Gasteiger charge is 2.14. The predicted octanol–water partition coefficient (Wildman–Crippen LogP) is 4.25. The van der Waals surface area contributed by atoms with E-state index in [9.17, 15) is 4.79 Å². The molecule has 0 heterocycles. The highest BCUT2D eigenvalue weighted by Crippen LogP contribution is 2.32. The second-order valence-corrected chi connectivity index (χ2v) is 4.77. The molecule has 0 atom stereocenters. The first-order valence-electron chi connectivity index (χ1n) is 5.82. The van der Waals surface area contributed by atoms with Crippen LogP contribution in [0, 0.1) is 6.92 Å². The minimum absolute atomic E-state index is 0.645. The summed E-state index contributed by atoms with van der Waals surface area (Å²) in [5.41, 5.74) is 4.18. The largest absolute Gasteiger partial charge is 0.298 e. The molecule has 1 aromatic rings. The van der Waals surface area contributed by atoms with Crippen LogP contribution in [0.25, 0.3) is 6.08 Å². The van der Waals surface area contributed by atoms with Crippen molar-refractivity contribution >= 4 is 24.0 Å². The maximum Gasteiger partial charge on any atom is 0.147 e. The van der Waals surface area contributed by atoms with Crippen LogP contribution in [0.15, 0.2) is 40.4 Å². The Morgan fingerprint density at radius 1 is 1.18 bits per heavy atom. The van der Waals surface area contributed by atoms with E-state index in [1.807, 2.05) is 0 Å². The Morgan fingerprint density at radius 3 is 2.53 bits per heavy atom. The number of carbonyl (C=O) groups excluding carboxylic acids is 1. The van der Waals surface area contributed by atoms with Crippen LogP contribution in [-0.4, -0.2) is 6.29 Å². The second kappa shape index (κ2) is 5.33. The summed E-state index contributed by atoms with van der Waals surface area (Å²) in [7, 11) is 0. The molecule has 0 saturated heterocycles. The Morgan fingerprint density at radius 2 is 1.88 bits per heavy atom. The van der Waals surface area contributed by atoms with Crippen molar-refractivity contribution in [3.63, 3.8) is 0 Å². The van der Waals surface area contributed by atoms with E-state index in [-0.39, 0.29) is 0 Å². The maximum absolute atomic E-state index is 10.8. The second-order valence-electron chi connectivity index (χ2n) is 4.39. The number of hydrogen-bond donors (Lipinski definition) is 0. The molecular formula is C15H15ClO. The average Bonchev–Trinajstić information content (AvgIpc) is 2.35. The van der Waals surface area contributed by atoms with Gasteiger partial charge in [-0.15, -0.1) is 0 Å². The summed E-state index contributed by atoms with van der Waals surface area (Å²) in [5.74, 6) is 0. The molecule has 88 valence electrons. The van der Waals surface area contributed by atoms with E-state index in [1.54, 1.807) is 0 Å². The van der Waals surface area contributed by atoms with Gasteiger partial charge >= 0.3 is 0 Å². The van der Waals surface area contributed by atoms with Crippen LogP contribution in [0.3, 0.4) is 0 Å². The number of carbonyl (C=O) groups is 1. The number of benzene rings is 1. The monoisotopic (exact) mass is 246 g/mol. The van der Waals surface area contributed by atoms with Crippen LogP contribution in [-0.2, 0) is 4.79 Å². The van der Waals surface area contributed by atoms with Crippen LogP contribution in [0.5, 0.6) is 0 Å². The van der Waals surface area contributed by atoms with Gasteiger partial charge in [0.15, 0.2) is 0 Å². The summed E-state index contributed by atoms with van der Waals surface area (Å²) >= 11 is 6.21. The molecule has 0 aromatic heterocycles. The van der Waals surface area contributed by atoms with E-state index < -0.39 is 0 Å². The van der Waals surface area contributed by atoms with Gasteiger partial charge in [0, 0.05) is 5.57 Å². The third-order valence-corrected chi connectivity index (χ3v) is 3.50. The number of allylic oxidation sites excluding steroid dienone is 3. The van der Waals surface area contributed by atoms with Gasteiger partial charge in [0.25, 0.3) is 0 Å². The molecule has 17 heavy (non-hydrogen) atoms. The Kier molecular flexibility index (Phi) is 3.80. The lowest BCUT2D eigenvalue weighted by Crippen LogP contribution is -2.00. The van der Waals surface area contributed by atoms with Crippen LogP contribution in [0.2, 0.25) is 0 Å². The number of halogens is 1. The van der Waals surface area contributed by atoms with Crippen LogP contribution in [0.4, 0.5) is 0 Å². The molecule has 0 amide bonds. The van der Waals surface area contributed by atoms with E-state index in [1.165, 1.54) is 5.56 Å². The van der Waals surface area contributed by atoms with Crippen molar-refractivity contribution in [1.29, 1.82) is 0 Å². The molecule has 0 spiro atoms. The van der Waals surface area contributed by atoms with Gasteiger partial charge in [0.05, 0.1) is 5.03 Å². The Balaban J connectivity index is 2.33. The summed E-state index contributed by atoms with van der Waals surface area (Å²) in [5, 5.41) is 0.645. The Bertz CT molecular complexity index is 480. The molecule has 0 unspecified atom stereocenters. The van der Waals surface area contributed by atoms with Gasteiger partial charge in [-0.25, -0.2) is 0 Å². The predicted molar refractivity (Wildman–Crippen MR) is 72.0 cm³/mol. The zero-order valence-corrected chi connectivity index (χ0v) is 10.6. The molecule has 0 aliphatic heterocycles. The van der Waals surface area contributed by atoms with Crippen molar-refractivity contribution in [2.75, 3.05) is 0 Å². The van der Waals surface area contributed by atoms with E-state index in [0.29, 0.717) is 5.03 Å². The highest BCUT2D eigenvalue weighted by molar-refractivity contribution is 6.34. The first kappa shape index (κ1) is 12.1. The number of aldehydes is 1. The molecule has 1 nitrogen and oxygen atoms in total. The number of hydrogen-bond acceptors (Lipinski definition) is 1. The van der Waals surface area contributed by atoms with Gasteiger partial charge in [-0.3, -0.25) is 4.79 Å². The lowest BCUT2D eigenvalue weighted by Gasteiger charge is -2.15. The van der Waals surface area contributed by atoms with Crippen molar-refractivity contribution < 1.29 is 4.79 Å². The SMILES string of the molecule is Cc1ccc(/C=C2\CCCC(C=O)=C2Cl)cc1. The van der Waals surface area contributed by atoms with Gasteiger partial charge in [0.2, 0.25) is 0 Å². The van der Waals surface area contributed by atoms with Crippen LogP contribution < -0.4 is 0 Å². The summed E-state index contributed by atoms with van der Waals surface area (Å²) in [6, 6.07) is 8.30. The third kappa shape index (κ3) is 2.86. The lowest BCUT2D eigenvalue weighted by atomic mass is 9.94. The van der Waals surface area contributed by atoms with E-state index in [2.05, 4.69) is 37.3 Å². The summed E-state index contributed by atoms with van der Waals surface area (Å²) in [6.07, 6.45) is 5.70. The maximum atomic E-state index is 10.8. The Hall–Kier alpha value is -1.34. The smallest absolute Gasteiger partial charge is 0.147 e. The average molecular weight is 247 g/mol. The fraction of sp³-hybridized carbons (Fsp3) is 0.267. The van der Waals surface area contributed by atoms with Gasteiger partial charge in [-0.1, -0.05) is 47.5 Å². The summed E-state index contributed by atoms with van der Waals surface area (Å²) in [6.45, 7) is 2.06. The molecule has 1 aliphatic rings. The topological polar surface area (TPSA) is 17.1 Å². The van der Waals surface area contributed by atoms with Gasteiger partial charge in [-0.2, -0.15) is 0 Å². The van der Waals surface area contributed by atoms with Gasteiger partial charge < -0.3 is 0 Å². The van der Waals surface area contributed by atoms with Gasteiger partial charge in [0.1, 0.15) is 6.29 Å². The molecule has 2 heteroatoms. The van der Waals surface area contributed by atoms with Crippen LogP contribution >= 0.6 is 11.6 Å². The molecule has 0 N–H and O–H groups in total. The zero-order valence-electron chi connectivity index (χ0n) is 9.87. The first-order valence-corrected chi connectivity index (χ1v) is 6.20. The molecule has 1 aliphatic carbocycles. The van der Waals surface area contributed by atoms with Crippen molar-refractivity contribution in [3.05, 3.63) is 51.6 Å². The molecule has 0 radical (unpaired) electrons. The zero-order chi connectivity index (χ0) is 12.3. The molecule has 2 rings (SSSR count). The van der Waals surface area contributed by atoms with Crippen molar-refractivity contribution in [3.8, 4) is 0 Å². The number of rotatable bonds is 2. The van der Waals surface area contributed by atoms with E-state index in [0.717, 1.165) is 42.3 Å². The summed E-state index contributed by atoms with van der Waals surface area (Å²) < 4.78 is 0. The minimum Gasteiger partial charge on any atom is -0.298 e. The molecule has 1 aromatic carbocycles. The minimum atomic E-state index is 0.645. The van der Waals surface area contributed by atoms with Crippen molar-refractivity contribution in [1.82, 2.24) is 0 Å². The quantitative estimate of drug-likeness (QED) is 0.713. The van der Waals surface area contributed by atoms with E-state index in [4.69, 9.17) is 11.6 Å². The normalized spacial score (nSPS) is 18.6. The van der Waals surface area contributed by atoms with Crippen LogP contribution in [0.1, 0.15) is 30.4 Å². The van der Waals surface area contributed by atoms with Crippen molar-refractivity contribution in [2.24, 2.45) is 0 Å². The summed E-state index contributed by atoms with van der Waals surface area (Å²) in [4.78, 5) is 10.8. The third-order valence-electron chi connectivity index (χ3n) is 3.02. The van der Waals surface area contributed by atoms with Crippen molar-refractivity contribution in [2.45, 2.75) is 26.2 Å². The highest BCUT2D eigenvalue weighted by atomic mass is 35.5. The molecule has 0 bridgehead atoms. The lowest BCUT2D eigenvalue weighted by molar-refractivity contribution is -0.105. The van der Waals surface area contributed by atoms with E-state index >= 15 is 0 Å². The fourth-order valence-corrected chi connectivity index (χ4v) is 2.29. The standard InChI is InChI=1S/C15H15ClO/c1-11-5-7-12(8-6-11)9-13-3-2-4-14(10-17)15(13)16/h5-10H,2-4H2,1H3/b13-9+. The molecule has 0 fully saturated rings. The Labute approximate surface area is 107 Å².